The highest BCUT2D eigenvalue weighted by molar-refractivity contribution is 7.89. The van der Waals surface area contributed by atoms with E-state index in [4.69, 9.17) is 11.6 Å². The van der Waals surface area contributed by atoms with E-state index in [-0.39, 0.29) is 4.90 Å². The molecule has 2 aromatic carbocycles. The minimum absolute atomic E-state index is 0.0594. The molecule has 1 N–H and O–H groups in total. The Labute approximate surface area is 127 Å². The van der Waals surface area contributed by atoms with Crippen LogP contribution in [0.3, 0.4) is 0 Å². The van der Waals surface area contributed by atoms with E-state index >= 15 is 0 Å². The lowest BCUT2D eigenvalue weighted by Crippen LogP contribution is -2.34. The van der Waals surface area contributed by atoms with Crippen molar-refractivity contribution in [2.75, 3.05) is 0 Å². The van der Waals surface area contributed by atoms with Gasteiger partial charge in [0, 0.05) is 5.02 Å². The fourth-order valence-electron chi connectivity index (χ4n) is 2.27. The molecule has 0 heterocycles. The largest absolute Gasteiger partial charge is 0.241 e. The Kier molecular flexibility index (Phi) is 3.51. The molecule has 0 amide bonds. The lowest BCUT2D eigenvalue weighted by Gasteiger charge is -2.18. The molecule has 0 bridgehead atoms. The van der Waals surface area contributed by atoms with Crippen LogP contribution in [-0.2, 0) is 15.6 Å². The smallest absolute Gasteiger partial charge is 0.207 e. The van der Waals surface area contributed by atoms with Crippen molar-refractivity contribution in [3.05, 3.63) is 64.9 Å². The van der Waals surface area contributed by atoms with Crippen molar-refractivity contribution < 1.29 is 12.8 Å². The zero-order valence-corrected chi connectivity index (χ0v) is 12.6. The molecule has 1 saturated carbocycles. The third-order valence-electron chi connectivity index (χ3n) is 3.60. The summed E-state index contributed by atoms with van der Waals surface area (Å²) in [5.41, 5.74) is 0.315. The van der Waals surface area contributed by atoms with E-state index < -0.39 is 21.4 Å². The van der Waals surface area contributed by atoms with E-state index in [0.29, 0.717) is 5.02 Å². The summed E-state index contributed by atoms with van der Waals surface area (Å²) < 4.78 is 40.4. The van der Waals surface area contributed by atoms with Gasteiger partial charge in [-0.15, -0.1) is 0 Å². The molecule has 0 radical (unpaired) electrons. The molecule has 21 heavy (non-hydrogen) atoms. The molecule has 0 spiro atoms. The third-order valence-corrected chi connectivity index (χ3v) is 5.40. The number of halogens is 2. The van der Waals surface area contributed by atoms with Gasteiger partial charge in [0.1, 0.15) is 5.82 Å². The first-order valence-electron chi connectivity index (χ1n) is 6.47. The van der Waals surface area contributed by atoms with Gasteiger partial charge in [-0.25, -0.2) is 17.5 Å². The number of rotatable bonds is 4. The maximum atomic E-state index is 12.9. The normalized spacial score (nSPS) is 16.7. The number of hydrogen-bond donors (Lipinski definition) is 1. The summed E-state index contributed by atoms with van der Waals surface area (Å²) in [4.78, 5) is 0.0594. The zero-order valence-electron chi connectivity index (χ0n) is 11.0. The maximum absolute atomic E-state index is 12.9. The Morgan fingerprint density at radius 1 is 1.00 bits per heavy atom. The van der Waals surface area contributed by atoms with Crippen LogP contribution in [0.1, 0.15) is 18.4 Å². The fraction of sp³-hybridized carbons (Fsp3) is 0.200. The number of sulfonamides is 1. The average Bonchev–Trinajstić information content (AvgIpc) is 3.20. The second-order valence-electron chi connectivity index (χ2n) is 5.15. The summed E-state index contributed by atoms with van der Waals surface area (Å²) in [6, 6.07) is 11.9. The minimum Gasteiger partial charge on any atom is -0.207 e. The van der Waals surface area contributed by atoms with Crippen LogP contribution >= 0.6 is 11.6 Å². The summed E-state index contributed by atoms with van der Waals surface area (Å²) in [5, 5.41) is 0.607. The first-order valence-corrected chi connectivity index (χ1v) is 8.33. The summed E-state index contributed by atoms with van der Waals surface area (Å²) in [5.74, 6) is -0.465. The molecule has 0 aliphatic heterocycles. The second kappa shape index (κ2) is 5.09. The highest BCUT2D eigenvalue weighted by Crippen LogP contribution is 2.46. The van der Waals surface area contributed by atoms with Crippen molar-refractivity contribution in [3.63, 3.8) is 0 Å². The molecule has 1 aliphatic rings. The highest BCUT2D eigenvalue weighted by atomic mass is 35.5. The molecule has 6 heteroatoms. The van der Waals surface area contributed by atoms with E-state index in [1.807, 2.05) is 12.1 Å². The summed E-state index contributed by atoms with van der Waals surface area (Å²) in [6.45, 7) is 0. The van der Waals surface area contributed by atoms with Crippen molar-refractivity contribution in [1.29, 1.82) is 0 Å². The number of hydrogen-bond acceptors (Lipinski definition) is 2. The Bertz CT molecular complexity index is 753. The maximum Gasteiger partial charge on any atom is 0.241 e. The molecule has 0 aromatic heterocycles. The zero-order chi connectivity index (χ0) is 15.1. The van der Waals surface area contributed by atoms with Gasteiger partial charge in [0.05, 0.1) is 10.4 Å². The van der Waals surface area contributed by atoms with E-state index in [1.54, 1.807) is 12.1 Å². The van der Waals surface area contributed by atoms with Crippen LogP contribution in [0.4, 0.5) is 4.39 Å². The minimum atomic E-state index is -3.68. The fourth-order valence-corrected chi connectivity index (χ4v) is 3.85. The van der Waals surface area contributed by atoms with E-state index in [2.05, 4.69) is 4.72 Å². The molecular formula is C15H13ClFNO2S. The molecule has 1 fully saturated rings. The summed E-state index contributed by atoms with van der Waals surface area (Å²) in [6.07, 6.45) is 1.46. The van der Waals surface area contributed by atoms with Gasteiger partial charge in [-0.3, -0.25) is 0 Å². The quantitative estimate of drug-likeness (QED) is 0.936. The Morgan fingerprint density at radius 2 is 1.57 bits per heavy atom. The molecular weight excluding hydrogens is 313 g/mol. The van der Waals surface area contributed by atoms with E-state index in [0.717, 1.165) is 30.5 Å². The summed E-state index contributed by atoms with van der Waals surface area (Å²) >= 11 is 5.85. The van der Waals surface area contributed by atoms with E-state index in [9.17, 15) is 12.8 Å². The van der Waals surface area contributed by atoms with Crippen LogP contribution < -0.4 is 4.72 Å². The second-order valence-corrected chi connectivity index (χ2v) is 7.27. The van der Waals surface area contributed by atoms with Gasteiger partial charge in [-0.1, -0.05) is 23.7 Å². The van der Waals surface area contributed by atoms with Gasteiger partial charge in [0.2, 0.25) is 10.0 Å². The topological polar surface area (TPSA) is 46.2 Å². The van der Waals surface area contributed by atoms with Gasteiger partial charge < -0.3 is 0 Å². The van der Waals surface area contributed by atoms with Gasteiger partial charge in [0.15, 0.2) is 0 Å². The monoisotopic (exact) mass is 325 g/mol. The first-order chi connectivity index (χ1) is 9.91. The SMILES string of the molecule is O=S(=O)(NC1(c2ccc(Cl)cc2)CC1)c1ccc(F)cc1. The van der Waals surface area contributed by atoms with Crippen molar-refractivity contribution in [1.82, 2.24) is 4.72 Å². The van der Waals surface area contributed by atoms with Crippen molar-refractivity contribution in [3.8, 4) is 0 Å². The van der Waals surface area contributed by atoms with Crippen LogP contribution in [0.25, 0.3) is 0 Å². The lowest BCUT2D eigenvalue weighted by atomic mass is 10.1. The van der Waals surface area contributed by atoms with Crippen molar-refractivity contribution >= 4 is 21.6 Å². The Balaban J connectivity index is 1.88. The molecule has 3 rings (SSSR count). The average molecular weight is 326 g/mol. The van der Waals surface area contributed by atoms with Crippen molar-refractivity contribution in [2.24, 2.45) is 0 Å². The molecule has 0 saturated heterocycles. The Morgan fingerprint density at radius 3 is 2.10 bits per heavy atom. The van der Waals surface area contributed by atoms with Crippen LogP contribution in [0.15, 0.2) is 53.4 Å². The molecule has 0 unspecified atom stereocenters. The number of nitrogens with one attached hydrogen (secondary N) is 1. The predicted molar refractivity (Wildman–Crippen MR) is 79.1 cm³/mol. The van der Waals surface area contributed by atoms with Gasteiger partial charge >= 0.3 is 0 Å². The first kappa shape index (κ1) is 14.5. The molecule has 3 nitrogen and oxygen atoms in total. The van der Waals surface area contributed by atoms with Crippen LogP contribution in [0, 0.1) is 5.82 Å². The summed E-state index contributed by atoms with van der Waals surface area (Å²) in [7, 11) is -3.68. The van der Waals surface area contributed by atoms with Crippen LogP contribution in [-0.4, -0.2) is 8.42 Å². The molecule has 2 aromatic rings. The van der Waals surface area contributed by atoms with Gasteiger partial charge in [-0.05, 0) is 54.8 Å². The molecule has 110 valence electrons. The van der Waals surface area contributed by atoms with Crippen LogP contribution in [0.2, 0.25) is 5.02 Å². The third kappa shape index (κ3) is 2.95. The van der Waals surface area contributed by atoms with Crippen molar-refractivity contribution in [2.45, 2.75) is 23.3 Å². The van der Waals surface area contributed by atoms with Gasteiger partial charge in [0.25, 0.3) is 0 Å². The molecule has 0 atom stereocenters. The predicted octanol–water partition coefficient (Wildman–Crippen LogP) is 3.45. The van der Waals surface area contributed by atoms with Gasteiger partial charge in [-0.2, -0.15) is 0 Å². The van der Waals surface area contributed by atoms with Crippen LogP contribution in [0.5, 0.6) is 0 Å². The highest BCUT2D eigenvalue weighted by Gasteiger charge is 2.47. The lowest BCUT2D eigenvalue weighted by molar-refractivity contribution is 0.551. The molecule has 1 aliphatic carbocycles. The Hall–Kier alpha value is -1.43. The number of benzene rings is 2. The van der Waals surface area contributed by atoms with E-state index in [1.165, 1.54) is 12.1 Å². The standard InChI is InChI=1S/C15H13ClFNO2S/c16-12-3-1-11(2-4-12)15(9-10-15)18-21(19,20)14-7-5-13(17)6-8-14/h1-8,18H,9-10H2.